The zero-order valence-corrected chi connectivity index (χ0v) is 16.1. The van der Waals surface area contributed by atoms with Crippen molar-refractivity contribution in [3.05, 3.63) is 29.8 Å². The predicted molar refractivity (Wildman–Crippen MR) is 97.2 cm³/mol. The van der Waals surface area contributed by atoms with Gasteiger partial charge < -0.3 is 10.1 Å². The highest BCUT2D eigenvalue weighted by atomic mass is 32.2. The van der Waals surface area contributed by atoms with Crippen molar-refractivity contribution in [2.24, 2.45) is 11.8 Å². The molecule has 0 heterocycles. The zero-order valence-electron chi connectivity index (χ0n) is 15.3. The Kier molecular flexibility index (Phi) is 6.63. The second-order valence-electron chi connectivity index (χ2n) is 6.95. The van der Waals surface area contributed by atoms with E-state index in [4.69, 9.17) is 0 Å². The molecule has 0 radical (unpaired) electrons. The number of carbonyl (C=O) groups is 2. The van der Waals surface area contributed by atoms with Gasteiger partial charge in [0.15, 0.2) is 0 Å². The van der Waals surface area contributed by atoms with Gasteiger partial charge in [-0.25, -0.2) is 22.7 Å². The van der Waals surface area contributed by atoms with Crippen molar-refractivity contribution >= 4 is 22.0 Å². The number of rotatable bonds is 5. The Balaban J connectivity index is 1.92. The van der Waals surface area contributed by atoms with Gasteiger partial charge in [-0.2, -0.15) is 0 Å². The summed E-state index contributed by atoms with van der Waals surface area (Å²) in [6.45, 7) is 4.40. The first-order valence-corrected chi connectivity index (χ1v) is 10.2. The molecule has 2 rings (SSSR count). The molecule has 0 spiro atoms. The molecule has 1 aliphatic rings. The number of nitrogens with one attached hydrogen (secondary N) is 2. The first-order chi connectivity index (χ1) is 12.2. The summed E-state index contributed by atoms with van der Waals surface area (Å²) in [5.41, 5.74) is 0.234. The van der Waals surface area contributed by atoms with Gasteiger partial charge in [-0.05, 0) is 61.8 Å². The molecule has 144 valence electrons. The number of hydrogen-bond donors (Lipinski definition) is 2. The van der Waals surface area contributed by atoms with E-state index in [9.17, 15) is 18.0 Å². The second kappa shape index (κ2) is 8.53. The van der Waals surface area contributed by atoms with Gasteiger partial charge in [0.1, 0.15) is 0 Å². The Bertz CT molecular complexity index is 735. The van der Waals surface area contributed by atoms with Gasteiger partial charge in [0.25, 0.3) is 10.0 Å². The number of esters is 1. The fraction of sp³-hybridized carbons (Fsp3) is 0.556. The van der Waals surface area contributed by atoms with E-state index >= 15 is 0 Å². The standard InChI is InChI=1S/C18H26N2O5S/c1-12(2)13-4-8-15(9-5-13)19-18(22)20-26(23,24)16-10-6-14(7-11-16)17(21)25-3/h6-7,10-13,15H,4-5,8-9H2,1-3H3,(H2,19,20,22). The molecule has 1 aromatic carbocycles. The van der Waals surface area contributed by atoms with E-state index in [0.717, 1.165) is 25.7 Å². The summed E-state index contributed by atoms with van der Waals surface area (Å²) in [5, 5.41) is 2.74. The Morgan fingerprint density at radius 2 is 1.65 bits per heavy atom. The van der Waals surface area contributed by atoms with Gasteiger partial charge in [-0.3, -0.25) is 0 Å². The number of hydrogen-bond acceptors (Lipinski definition) is 5. The third-order valence-corrected chi connectivity index (χ3v) is 6.21. The average Bonchev–Trinajstić information content (AvgIpc) is 2.61. The smallest absolute Gasteiger partial charge is 0.337 e. The molecule has 0 saturated heterocycles. The van der Waals surface area contributed by atoms with Crippen molar-refractivity contribution in [2.45, 2.75) is 50.5 Å². The summed E-state index contributed by atoms with van der Waals surface area (Å²) in [6.07, 6.45) is 3.77. The minimum absolute atomic E-state index is 0.0121. The lowest BCUT2D eigenvalue weighted by Crippen LogP contribution is -2.45. The van der Waals surface area contributed by atoms with Crippen LogP contribution in [0.25, 0.3) is 0 Å². The average molecular weight is 382 g/mol. The molecule has 7 nitrogen and oxygen atoms in total. The highest BCUT2D eigenvalue weighted by molar-refractivity contribution is 7.90. The molecule has 2 N–H and O–H groups in total. The van der Waals surface area contributed by atoms with E-state index in [-0.39, 0.29) is 16.5 Å². The van der Waals surface area contributed by atoms with Crippen LogP contribution in [0.15, 0.2) is 29.2 Å². The van der Waals surface area contributed by atoms with E-state index < -0.39 is 22.0 Å². The monoisotopic (exact) mass is 382 g/mol. The Hall–Kier alpha value is -2.09. The van der Waals surface area contributed by atoms with E-state index in [1.54, 1.807) is 0 Å². The number of amides is 2. The molecule has 0 aliphatic heterocycles. The molecular weight excluding hydrogens is 356 g/mol. The molecule has 0 atom stereocenters. The van der Waals surface area contributed by atoms with Crippen LogP contribution in [0.1, 0.15) is 49.9 Å². The van der Waals surface area contributed by atoms with Gasteiger partial charge >= 0.3 is 12.0 Å². The van der Waals surface area contributed by atoms with Crippen LogP contribution >= 0.6 is 0 Å². The number of benzene rings is 1. The maximum absolute atomic E-state index is 12.3. The first-order valence-electron chi connectivity index (χ1n) is 8.74. The molecule has 1 aliphatic carbocycles. The number of carbonyl (C=O) groups excluding carboxylic acids is 2. The van der Waals surface area contributed by atoms with Crippen molar-refractivity contribution in [2.75, 3.05) is 7.11 Å². The highest BCUT2D eigenvalue weighted by Crippen LogP contribution is 2.29. The SMILES string of the molecule is COC(=O)c1ccc(S(=O)(=O)NC(=O)NC2CCC(C(C)C)CC2)cc1. The summed E-state index contributed by atoms with van der Waals surface area (Å²) in [4.78, 5) is 23.4. The van der Waals surface area contributed by atoms with Crippen LogP contribution in [0.5, 0.6) is 0 Å². The predicted octanol–water partition coefficient (Wildman–Crippen LogP) is 2.68. The van der Waals surface area contributed by atoms with Crippen LogP contribution in [0.2, 0.25) is 0 Å². The van der Waals surface area contributed by atoms with Crippen molar-refractivity contribution < 1.29 is 22.7 Å². The molecule has 1 fully saturated rings. The molecule has 2 amide bonds. The lowest BCUT2D eigenvalue weighted by Gasteiger charge is -2.31. The van der Waals surface area contributed by atoms with Crippen molar-refractivity contribution in [1.82, 2.24) is 10.0 Å². The van der Waals surface area contributed by atoms with E-state index in [0.29, 0.717) is 11.8 Å². The molecule has 0 aromatic heterocycles. The van der Waals surface area contributed by atoms with Gasteiger partial charge in [0.2, 0.25) is 0 Å². The lowest BCUT2D eigenvalue weighted by atomic mass is 9.80. The normalized spacial score (nSPS) is 20.5. The third kappa shape index (κ3) is 5.20. The number of methoxy groups -OCH3 is 1. The fourth-order valence-corrected chi connectivity index (χ4v) is 4.13. The minimum Gasteiger partial charge on any atom is -0.465 e. The molecule has 1 saturated carbocycles. The molecule has 1 aromatic rings. The maximum atomic E-state index is 12.3. The van der Waals surface area contributed by atoms with Crippen LogP contribution in [-0.2, 0) is 14.8 Å². The van der Waals surface area contributed by atoms with Crippen LogP contribution < -0.4 is 10.0 Å². The van der Waals surface area contributed by atoms with E-state index in [1.807, 2.05) is 4.72 Å². The Morgan fingerprint density at radius 3 is 2.15 bits per heavy atom. The Morgan fingerprint density at radius 1 is 1.08 bits per heavy atom. The number of ether oxygens (including phenoxy) is 1. The van der Waals surface area contributed by atoms with E-state index in [1.165, 1.54) is 31.4 Å². The van der Waals surface area contributed by atoms with Crippen LogP contribution in [0.3, 0.4) is 0 Å². The zero-order chi connectivity index (χ0) is 19.3. The molecule has 0 unspecified atom stereocenters. The summed E-state index contributed by atoms with van der Waals surface area (Å²) in [7, 11) is -2.75. The first kappa shape index (κ1) is 20.2. The maximum Gasteiger partial charge on any atom is 0.337 e. The summed E-state index contributed by atoms with van der Waals surface area (Å²) >= 11 is 0. The largest absolute Gasteiger partial charge is 0.465 e. The van der Waals surface area contributed by atoms with Gasteiger partial charge in [-0.1, -0.05) is 13.8 Å². The molecular formula is C18H26N2O5S. The molecule has 26 heavy (non-hydrogen) atoms. The molecule has 8 heteroatoms. The fourth-order valence-electron chi connectivity index (χ4n) is 3.21. The second-order valence-corrected chi connectivity index (χ2v) is 8.63. The summed E-state index contributed by atoms with van der Waals surface area (Å²) in [6, 6.07) is 4.46. The van der Waals surface area contributed by atoms with Crippen LogP contribution in [-0.4, -0.2) is 33.6 Å². The Labute approximate surface area is 154 Å². The van der Waals surface area contributed by atoms with Crippen LogP contribution in [0.4, 0.5) is 4.79 Å². The van der Waals surface area contributed by atoms with E-state index in [2.05, 4.69) is 23.9 Å². The van der Waals surface area contributed by atoms with Crippen LogP contribution in [0, 0.1) is 11.8 Å². The minimum atomic E-state index is -4.00. The van der Waals surface area contributed by atoms with Crippen molar-refractivity contribution in [1.29, 1.82) is 0 Å². The van der Waals surface area contributed by atoms with Gasteiger partial charge in [0.05, 0.1) is 17.6 Å². The number of urea groups is 1. The summed E-state index contributed by atoms with van der Waals surface area (Å²) in [5.74, 6) is 0.725. The third-order valence-electron chi connectivity index (χ3n) is 4.86. The topological polar surface area (TPSA) is 102 Å². The highest BCUT2D eigenvalue weighted by Gasteiger charge is 2.25. The summed E-state index contributed by atoms with van der Waals surface area (Å²) < 4.78 is 31.2. The van der Waals surface area contributed by atoms with Crippen molar-refractivity contribution in [3.8, 4) is 0 Å². The van der Waals surface area contributed by atoms with Gasteiger partial charge in [0, 0.05) is 6.04 Å². The van der Waals surface area contributed by atoms with Gasteiger partial charge in [-0.15, -0.1) is 0 Å². The lowest BCUT2D eigenvalue weighted by molar-refractivity contribution is 0.0600. The number of sulfonamides is 1. The molecule has 0 bridgehead atoms. The van der Waals surface area contributed by atoms with Crippen molar-refractivity contribution in [3.63, 3.8) is 0 Å². The quantitative estimate of drug-likeness (QED) is 0.763.